The smallest absolute Gasteiger partial charge is 0.317 e. The Hall–Kier alpha value is -3.48. The molecule has 2 atom stereocenters. The van der Waals surface area contributed by atoms with Crippen LogP contribution in [0.25, 0.3) is 5.57 Å². The number of ether oxygens (including phenoxy) is 5. The molecular weight excluding hydrogens is 412 g/mol. The van der Waals surface area contributed by atoms with Gasteiger partial charge in [0.25, 0.3) is 0 Å². The molecule has 0 saturated carbocycles. The van der Waals surface area contributed by atoms with Gasteiger partial charge in [-0.05, 0) is 54.8 Å². The van der Waals surface area contributed by atoms with Crippen molar-refractivity contribution in [3.63, 3.8) is 0 Å². The molecule has 2 aromatic rings. The number of hydrogen-bond donors (Lipinski definition) is 0. The number of ketones is 1. The zero-order chi connectivity index (χ0) is 23.3. The summed E-state index contributed by atoms with van der Waals surface area (Å²) >= 11 is 0. The zero-order valence-electron chi connectivity index (χ0n) is 19.0. The van der Waals surface area contributed by atoms with Crippen molar-refractivity contribution in [2.75, 3.05) is 35.0 Å². The van der Waals surface area contributed by atoms with E-state index in [-0.39, 0.29) is 12.4 Å². The average Bonchev–Trinajstić information content (AvgIpc) is 2.82. The van der Waals surface area contributed by atoms with E-state index in [1.807, 2.05) is 12.1 Å². The van der Waals surface area contributed by atoms with Crippen molar-refractivity contribution < 1.29 is 33.3 Å². The number of esters is 1. The summed E-state index contributed by atoms with van der Waals surface area (Å²) in [7, 11) is 6.22. The second-order valence-corrected chi connectivity index (χ2v) is 7.26. The van der Waals surface area contributed by atoms with E-state index in [1.165, 1.54) is 6.08 Å². The third kappa shape index (κ3) is 4.42. The number of allylic oxidation sites excluding steroid dienone is 2. The number of rotatable bonds is 8. The first-order valence-electron chi connectivity index (χ1n) is 10.3. The Bertz CT molecular complexity index is 1000. The maximum absolute atomic E-state index is 13.2. The van der Waals surface area contributed by atoms with E-state index >= 15 is 0 Å². The van der Waals surface area contributed by atoms with E-state index in [2.05, 4.69) is 0 Å². The lowest BCUT2D eigenvalue weighted by Crippen LogP contribution is -2.34. The van der Waals surface area contributed by atoms with Gasteiger partial charge in [0, 0.05) is 11.5 Å². The van der Waals surface area contributed by atoms with Crippen LogP contribution in [0.1, 0.15) is 30.4 Å². The molecule has 0 aromatic heterocycles. The van der Waals surface area contributed by atoms with Crippen molar-refractivity contribution in [2.45, 2.75) is 19.3 Å². The molecule has 2 aromatic carbocycles. The quantitative estimate of drug-likeness (QED) is 0.453. The molecule has 1 aliphatic carbocycles. The van der Waals surface area contributed by atoms with Gasteiger partial charge in [-0.3, -0.25) is 9.59 Å². The predicted octanol–water partition coefficient (Wildman–Crippen LogP) is 4.04. The molecule has 32 heavy (non-hydrogen) atoms. The molecule has 0 fully saturated rings. The maximum atomic E-state index is 13.2. The molecule has 0 unspecified atom stereocenters. The van der Waals surface area contributed by atoms with Crippen LogP contribution in [0.15, 0.2) is 42.5 Å². The van der Waals surface area contributed by atoms with Crippen molar-refractivity contribution in [1.29, 1.82) is 0 Å². The third-order valence-electron chi connectivity index (χ3n) is 5.60. The molecule has 0 radical (unpaired) electrons. The van der Waals surface area contributed by atoms with Crippen LogP contribution in [-0.2, 0) is 14.3 Å². The Morgan fingerprint density at radius 3 is 2.09 bits per heavy atom. The summed E-state index contributed by atoms with van der Waals surface area (Å²) in [5.74, 6) is -0.168. The summed E-state index contributed by atoms with van der Waals surface area (Å²) in [6.45, 7) is 1.90. The van der Waals surface area contributed by atoms with Gasteiger partial charge in [-0.15, -0.1) is 0 Å². The highest BCUT2D eigenvalue weighted by Gasteiger charge is 2.42. The fourth-order valence-corrected chi connectivity index (χ4v) is 4.14. The van der Waals surface area contributed by atoms with E-state index in [9.17, 15) is 9.59 Å². The van der Waals surface area contributed by atoms with Crippen LogP contribution in [0.2, 0.25) is 0 Å². The topological polar surface area (TPSA) is 80.3 Å². The molecule has 0 saturated heterocycles. The summed E-state index contributed by atoms with van der Waals surface area (Å²) in [6, 6.07) is 10.9. The Labute approximate surface area is 187 Å². The first-order valence-corrected chi connectivity index (χ1v) is 10.3. The van der Waals surface area contributed by atoms with Crippen LogP contribution >= 0.6 is 0 Å². The Kier molecular flexibility index (Phi) is 7.41. The fourth-order valence-electron chi connectivity index (χ4n) is 4.14. The van der Waals surface area contributed by atoms with E-state index in [1.54, 1.807) is 59.6 Å². The molecule has 0 N–H and O–H groups in total. The largest absolute Gasteiger partial charge is 0.496 e. The van der Waals surface area contributed by atoms with Gasteiger partial charge in [-0.25, -0.2) is 0 Å². The lowest BCUT2D eigenvalue weighted by molar-refractivity contribution is -0.151. The van der Waals surface area contributed by atoms with E-state index < -0.39 is 17.8 Å². The lowest BCUT2D eigenvalue weighted by atomic mass is 9.73. The Morgan fingerprint density at radius 2 is 1.53 bits per heavy atom. The minimum atomic E-state index is -0.996. The molecule has 170 valence electrons. The molecule has 0 amide bonds. The van der Waals surface area contributed by atoms with Gasteiger partial charge < -0.3 is 23.7 Å². The van der Waals surface area contributed by atoms with Crippen LogP contribution in [-0.4, -0.2) is 46.8 Å². The first-order chi connectivity index (χ1) is 15.5. The highest BCUT2D eigenvalue weighted by Crippen LogP contribution is 2.47. The van der Waals surface area contributed by atoms with Gasteiger partial charge in [0.15, 0.2) is 17.3 Å². The Morgan fingerprint density at radius 1 is 0.906 bits per heavy atom. The van der Waals surface area contributed by atoms with Crippen LogP contribution in [0.3, 0.4) is 0 Å². The number of hydrogen-bond acceptors (Lipinski definition) is 7. The minimum Gasteiger partial charge on any atom is -0.496 e. The minimum absolute atomic E-state index is 0.185. The SMILES string of the molecule is CCOC(=O)[C@@H]1C(=O)C=C(c2ccc(OC)c(OC)c2)C[C@@H]1c1c(OC)cccc1OC. The average molecular weight is 440 g/mol. The molecule has 0 bridgehead atoms. The summed E-state index contributed by atoms with van der Waals surface area (Å²) in [5, 5.41) is 0. The molecule has 0 aliphatic heterocycles. The zero-order valence-corrected chi connectivity index (χ0v) is 19.0. The normalized spacial score (nSPS) is 17.9. The van der Waals surface area contributed by atoms with E-state index in [0.29, 0.717) is 35.0 Å². The highest BCUT2D eigenvalue weighted by molar-refractivity contribution is 6.11. The van der Waals surface area contributed by atoms with Gasteiger partial charge in [0.1, 0.15) is 17.4 Å². The molecule has 1 aliphatic rings. The summed E-state index contributed by atoms with van der Waals surface area (Å²) < 4.78 is 27.1. The highest BCUT2D eigenvalue weighted by atomic mass is 16.5. The number of benzene rings is 2. The molecule has 0 spiro atoms. The molecule has 0 heterocycles. The van der Waals surface area contributed by atoms with Crippen LogP contribution < -0.4 is 18.9 Å². The lowest BCUT2D eigenvalue weighted by Gasteiger charge is -2.31. The number of carbonyl (C=O) groups excluding carboxylic acids is 2. The van der Waals surface area contributed by atoms with Gasteiger partial charge in [-0.1, -0.05) is 12.1 Å². The molecule has 7 nitrogen and oxygen atoms in total. The summed E-state index contributed by atoms with van der Waals surface area (Å²) in [5.41, 5.74) is 2.24. The van der Waals surface area contributed by atoms with Crippen LogP contribution in [0.4, 0.5) is 0 Å². The standard InChI is InChI=1S/C25H28O7/c1-6-32-25(27)23-17(24-20(29-3)8-7-9-21(24)30-4)12-16(13-18(23)26)15-10-11-19(28-2)22(14-15)31-5/h7-11,13-14,17,23H,6,12H2,1-5H3/t17-,23-/m0/s1. The fraction of sp³-hybridized carbons (Fsp3) is 0.360. The Balaban J connectivity index is 2.14. The van der Waals surface area contributed by atoms with Crippen molar-refractivity contribution in [2.24, 2.45) is 5.92 Å². The molecule has 3 rings (SSSR count). The van der Waals surface area contributed by atoms with Crippen molar-refractivity contribution >= 4 is 17.3 Å². The van der Waals surface area contributed by atoms with Gasteiger partial charge >= 0.3 is 5.97 Å². The first kappa shape index (κ1) is 23.2. The van der Waals surface area contributed by atoms with Gasteiger partial charge in [-0.2, -0.15) is 0 Å². The van der Waals surface area contributed by atoms with E-state index in [4.69, 9.17) is 23.7 Å². The second-order valence-electron chi connectivity index (χ2n) is 7.26. The van der Waals surface area contributed by atoms with Crippen molar-refractivity contribution in [3.8, 4) is 23.0 Å². The van der Waals surface area contributed by atoms with Gasteiger partial charge in [0.05, 0.1) is 35.0 Å². The maximum Gasteiger partial charge on any atom is 0.317 e. The number of carbonyl (C=O) groups is 2. The summed E-state index contributed by atoms with van der Waals surface area (Å²) in [6.07, 6.45) is 1.92. The van der Waals surface area contributed by atoms with Crippen LogP contribution in [0, 0.1) is 5.92 Å². The van der Waals surface area contributed by atoms with Crippen LogP contribution in [0.5, 0.6) is 23.0 Å². The van der Waals surface area contributed by atoms with Crippen molar-refractivity contribution in [1.82, 2.24) is 0 Å². The predicted molar refractivity (Wildman–Crippen MR) is 120 cm³/mol. The number of methoxy groups -OCH3 is 4. The summed E-state index contributed by atoms with van der Waals surface area (Å²) in [4.78, 5) is 26.1. The third-order valence-corrected chi connectivity index (χ3v) is 5.60. The molecular formula is C25H28O7. The van der Waals surface area contributed by atoms with E-state index in [0.717, 1.165) is 11.1 Å². The second kappa shape index (κ2) is 10.2. The van der Waals surface area contributed by atoms with Crippen molar-refractivity contribution in [3.05, 3.63) is 53.6 Å². The monoisotopic (exact) mass is 440 g/mol. The molecule has 7 heteroatoms. The van der Waals surface area contributed by atoms with Gasteiger partial charge in [0.2, 0.25) is 0 Å².